The van der Waals surface area contributed by atoms with Crippen LogP contribution in [0.2, 0.25) is 0 Å². The molecule has 134 valence electrons. The van der Waals surface area contributed by atoms with Gasteiger partial charge in [-0.25, -0.2) is 0 Å². The normalized spacial score (nSPS) is 12.8. The molecule has 0 aliphatic carbocycles. The van der Waals surface area contributed by atoms with E-state index in [9.17, 15) is 14.4 Å². The third-order valence-corrected chi connectivity index (χ3v) is 3.56. The smallest absolute Gasteiger partial charge is 0.243 e. The molecule has 0 aliphatic rings. The van der Waals surface area contributed by atoms with Gasteiger partial charge < -0.3 is 16.4 Å². The minimum atomic E-state index is -0.926. The average Bonchev–Trinajstić information content (AvgIpc) is 2.52. The summed E-state index contributed by atoms with van der Waals surface area (Å²) in [7, 11) is 0. The quantitative estimate of drug-likeness (QED) is 0.639. The number of benzene rings is 1. The van der Waals surface area contributed by atoms with E-state index < -0.39 is 23.9 Å². The maximum Gasteiger partial charge on any atom is 0.243 e. The van der Waals surface area contributed by atoms with Crippen molar-refractivity contribution in [3.05, 3.63) is 35.4 Å². The van der Waals surface area contributed by atoms with Gasteiger partial charge in [0.25, 0.3) is 0 Å². The lowest BCUT2D eigenvalue weighted by Gasteiger charge is -2.22. The minimum absolute atomic E-state index is 0.172. The molecule has 7 nitrogen and oxygen atoms in total. The van der Waals surface area contributed by atoms with Gasteiger partial charge >= 0.3 is 0 Å². The lowest BCUT2D eigenvalue weighted by molar-refractivity contribution is -0.131. The monoisotopic (exact) mass is 344 g/mol. The molecule has 0 radical (unpaired) electrons. The fraction of sp³-hybridized carbons (Fsp3) is 0.444. The summed E-state index contributed by atoms with van der Waals surface area (Å²) in [5, 5.41) is 14.1. The second-order valence-corrected chi connectivity index (χ2v) is 6.36. The Labute approximate surface area is 147 Å². The molecule has 7 heteroatoms. The van der Waals surface area contributed by atoms with Gasteiger partial charge in [0.1, 0.15) is 12.1 Å². The first kappa shape index (κ1) is 20.2. The molecule has 0 saturated carbocycles. The van der Waals surface area contributed by atoms with Gasteiger partial charge in [-0.15, -0.1) is 0 Å². The predicted octanol–water partition coefficient (Wildman–Crippen LogP) is 0.622. The van der Waals surface area contributed by atoms with Crippen molar-refractivity contribution in [1.82, 2.24) is 10.6 Å². The van der Waals surface area contributed by atoms with Crippen LogP contribution in [0.5, 0.6) is 0 Å². The molecular formula is C18H24N4O3. The molecule has 0 saturated heterocycles. The van der Waals surface area contributed by atoms with Crippen molar-refractivity contribution in [2.75, 3.05) is 0 Å². The van der Waals surface area contributed by atoms with Gasteiger partial charge in [-0.05, 0) is 30.0 Å². The number of hydrogen-bond donors (Lipinski definition) is 3. The second kappa shape index (κ2) is 9.42. The molecule has 0 unspecified atom stereocenters. The van der Waals surface area contributed by atoms with Gasteiger partial charge in [0.05, 0.1) is 11.6 Å². The summed E-state index contributed by atoms with van der Waals surface area (Å²) in [6, 6.07) is 7.11. The third kappa shape index (κ3) is 7.04. The van der Waals surface area contributed by atoms with Gasteiger partial charge in [0.2, 0.25) is 17.7 Å². The topological polar surface area (TPSA) is 125 Å². The van der Waals surface area contributed by atoms with Crippen molar-refractivity contribution in [1.29, 1.82) is 5.26 Å². The third-order valence-electron chi connectivity index (χ3n) is 3.56. The van der Waals surface area contributed by atoms with Crippen LogP contribution in [0.1, 0.15) is 38.3 Å². The van der Waals surface area contributed by atoms with Crippen LogP contribution in [0.25, 0.3) is 0 Å². The highest BCUT2D eigenvalue weighted by atomic mass is 16.2. The van der Waals surface area contributed by atoms with Crippen molar-refractivity contribution in [3.63, 3.8) is 0 Å². The number of rotatable bonds is 8. The average molecular weight is 344 g/mol. The summed E-state index contributed by atoms with van der Waals surface area (Å²) in [5.74, 6) is -1.27. The van der Waals surface area contributed by atoms with Crippen LogP contribution in [-0.4, -0.2) is 29.8 Å². The molecule has 2 atom stereocenters. The molecule has 0 heterocycles. The van der Waals surface area contributed by atoms with E-state index in [0.29, 0.717) is 17.5 Å². The van der Waals surface area contributed by atoms with Crippen molar-refractivity contribution in [2.45, 2.75) is 45.7 Å². The highest BCUT2D eigenvalue weighted by Crippen LogP contribution is 2.09. The second-order valence-electron chi connectivity index (χ2n) is 6.36. The van der Waals surface area contributed by atoms with Crippen molar-refractivity contribution >= 4 is 17.7 Å². The van der Waals surface area contributed by atoms with Crippen molar-refractivity contribution in [3.8, 4) is 6.07 Å². The number of carbonyl (C=O) groups excluding carboxylic acids is 3. The van der Waals surface area contributed by atoms with Crippen molar-refractivity contribution < 1.29 is 14.4 Å². The van der Waals surface area contributed by atoms with Gasteiger partial charge in [-0.1, -0.05) is 26.0 Å². The van der Waals surface area contributed by atoms with Gasteiger partial charge in [0.15, 0.2) is 0 Å². The summed E-state index contributed by atoms with van der Waals surface area (Å²) in [5.41, 5.74) is 6.57. The Morgan fingerprint density at radius 3 is 2.40 bits per heavy atom. The molecule has 0 bridgehead atoms. The number of nitrogens with one attached hydrogen (secondary N) is 2. The first-order valence-electron chi connectivity index (χ1n) is 8.08. The Kier molecular flexibility index (Phi) is 7.60. The Morgan fingerprint density at radius 1 is 1.20 bits per heavy atom. The molecule has 3 amide bonds. The van der Waals surface area contributed by atoms with Crippen LogP contribution in [0.3, 0.4) is 0 Å². The van der Waals surface area contributed by atoms with E-state index in [1.54, 1.807) is 24.3 Å². The number of primary amides is 1. The fourth-order valence-electron chi connectivity index (χ4n) is 2.45. The minimum Gasteiger partial charge on any atom is -0.368 e. The Bertz CT molecular complexity index is 679. The molecule has 0 aliphatic heterocycles. The maximum atomic E-state index is 12.5. The van der Waals surface area contributed by atoms with Crippen LogP contribution in [-0.2, 0) is 20.8 Å². The number of nitrogens with zero attached hydrogens (tertiary/aromatic N) is 1. The first-order chi connectivity index (χ1) is 11.7. The molecule has 1 aromatic carbocycles. The summed E-state index contributed by atoms with van der Waals surface area (Å²) >= 11 is 0. The largest absolute Gasteiger partial charge is 0.368 e. The number of hydrogen-bond acceptors (Lipinski definition) is 4. The lowest BCUT2D eigenvalue weighted by atomic mass is 10.0. The summed E-state index contributed by atoms with van der Waals surface area (Å²) in [6.45, 7) is 5.20. The number of carbonyl (C=O) groups is 3. The van der Waals surface area contributed by atoms with E-state index in [1.165, 1.54) is 6.92 Å². The molecular weight excluding hydrogens is 320 g/mol. The zero-order valence-electron chi connectivity index (χ0n) is 14.7. The molecule has 4 N–H and O–H groups in total. The molecule has 0 fully saturated rings. The van der Waals surface area contributed by atoms with E-state index in [4.69, 9.17) is 11.0 Å². The van der Waals surface area contributed by atoms with E-state index in [-0.39, 0.29) is 18.2 Å². The van der Waals surface area contributed by atoms with Crippen molar-refractivity contribution in [2.24, 2.45) is 11.7 Å². The molecule has 25 heavy (non-hydrogen) atoms. The van der Waals surface area contributed by atoms with E-state index in [2.05, 4.69) is 10.6 Å². The molecule has 1 rings (SSSR count). The first-order valence-corrected chi connectivity index (χ1v) is 8.08. The highest BCUT2D eigenvalue weighted by Gasteiger charge is 2.25. The Hall–Kier alpha value is -2.88. The van der Waals surface area contributed by atoms with Crippen LogP contribution >= 0.6 is 0 Å². The molecule has 1 aromatic rings. The summed E-state index contributed by atoms with van der Waals surface area (Å²) in [4.78, 5) is 35.5. The van der Waals surface area contributed by atoms with Crippen LogP contribution in [0.4, 0.5) is 0 Å². The maximum absolute atomic E-state index is 12.5. The number of amides is 3. The Morgan fingerprint density at radius 2 is 1.88 bits per heavy atom. The summed E-state index contributed by atoms with van der Waals surface area (Å²) in [6.07, 6.45) is 0.617. The standard InChI is InChI=1S/C18H24N4O3/c1-11(2)7-16(21-12(3)23)18(25)22-15(17(20)24)9-13-5-4-6-14(8-13)10-19/h4-6,8,11,15-16H,7,9H2,1-3H3,(H2,20,24)(H,21,23)(H,22,25)/t15-,16-/m0/s1. The fourth-order valence-corrected chi connectivity index (χ4v) is 2.45. The molecule has 0 aromatic heterocycles. The highest BCUT2D eigenvalue weighted by molar-refractivity contribution is 5.91. The van der Waals surface area contributed by atoms with Crippen LogP contribution < -0.4 is 16.4 Å². The van der Waals surface area contributed by atoms with Crippen LogP contribution in [0.15, 0.2) is 24.3 Å². The molecule has 0 spiro atoms. The van der Waals surface area contributed by atoms with Gasteiger partial charge in [-0.3, -0.25) is 14.4 Å². The van der Waals surface area contributed by atoms with E-state index in [0.717, 1.165) is 0 Å². The Balaban J connectivity index is 2.87. The van der Waals surface area contributed by atoms with Gasteiger partial charge in [0, 0.05) is 13.3 Å². The lowest BCUT2D eigenvalue weighted by Crippen LogP contribution is -2.53. The van der Waals surface area contributed by atoms with Crippen LogP contribution in [0, 0.1) is 17.2 Å². The zero-order chi connectivity index (χ0) is 19.0. The predicted molar refractivity (Wildman–Crippen MR) is 93.0 cm³/mol. The van der Waals surface area contributed by atoms with E-state index in [1.807, 2.05) is 19.9 Å². The number of nitrogens with two attached hydrogens (primary N) is 1. The van der Waals surface area contributed by atoms with E-state index >= 15 is 0 Å². The zero-order valence-corrected chi connectivity index (χ0v) is 14.7. The van der Waals surface area contributed by atoms with Gasteiger partial charge in [-0.2, -0.15) is 5.26 Å². The number of nitriles is 1. The SMILES string of the molecule is CC(=O)N[C@@H](CC(C)C)C(=O)N[C@@H](Cc1cccc(C#N)c1)C(N)=O. The summed E-state index contributed by atoms with van der Waals surface area (Å²) < 4.78 is 0.